The standard InChI is InChI=1S/C35H26N2/c1-36-32-24-21-27-13-8-9-16-30(27)34(32)31-17-10-18-33(35(31)36)37(28-14-6-3-7-15-28)29-22-19-26(20-23-29)25-11-4-2-5-12-25/h2-24H,1H3. The summed E-state index contributed by atoms with van der Waals surface area (Å²) in [6, 6.07) is 49.9. The average molecular weight is 475 g/mol. The normalized spacial score (nSPS) is 11.4. The van der Waals surface area contributed by atoms with Crippen molar-refractivity contribution in [2.45, 2.75) is 0 Å². The summed E-state index contributed by atoms with van der Waals surface area (Å²) in [4.78, 5) is 2.37. The van der Waals surface area contributed by atoms with Gasteiger partial charge < -0.3 is 9.47 Å². The lowest BCUT2D eigenvalue weighted by atomic mass is 10.0. The number of nitrogens with zero attached hydrogens (tertiary/aromatic N) is 2. The SMILES string of the molecule is Cn1c2ccc3ccccc3c2c2cccc(N(c3ccccc3)c3ccc(-c4ccccc4)cc3)c21. The van der Waals surface area contributed by atoms with Crippen LogP contribution in [0.1, 0.15) is 0 Å². The van der Waals surface area contributed by atoms with Gasteiger partial charge in [0.05, 0.1) is 11.2 Å². The second kappa shape index (κ2) is 8.69. The first-order valence-electron chi connectivity index (χ1n) is 12.7. The summed E-state index contributed by atoms with van der Waals surface area (Å²) >= 11 is 0. The second-order valence-electron chi connectivity index (χ2n) is 9.50. The van der Waals surface area contributed by atoms with E-state index < -0.39 is 0 Å². The van der Waals surface area contributed by atoms with Crippen LogP contribution in [0.4, 0.5) is 17.1 Å². The Bertz CT molecular complexity index is 1860. The molecule has 1 aromatic heterocycles. The van der Waals surface area contributed by atoms with Crippen molar-refractivity contribution in [3.63, 3.8) is 0 Å². The van der Waals surface area contributed by atoms with Gasteiger partial charge in [-0.05, 0) is 58.3 Å². The van der Waals surface area contributed by atoms with E-state index in [1.807, 2.05) is 0 Å². The van der Waals surface area contributed by atoms with E-state index in [1.54, 1.807) is 0 Å². The zero-order chi connectivity index (χ0) is 24.8. The highest BCUT2D eigenvalue weighted by molar-refractivity contribution is 6.23. The lowest BCUT2D eigenvalue weighted by Crippen LogP contribution is -2.11. The Kier molecular flexibility index (Phi) is 5.04. The molecule has 6 aromatic carbocycles. The van der Waals surface area contributed by atoms with E-state index in [9.17, 15) is 0 Å². The molecule has 7 aromatic rings. The van der Waals surface area contributed by atoms with Gasteiger partial charge in [-0.25, -0.2) is 0 Å². The molecule has 0 N–H and O–H groups in total. The third-order valence-electron chi connectivity index (χ3n) is 7.38. The zero-order valence-electron chi connectivity index (χ0n) is 20.7. The Morgan fingerprint density at radius 3 is 1.89 bits per heavy atom. The summed E-state index contributed by atoms with van der Waals surface area (Å²) in [6.07, 6.45) is 0. The van der Waals surface area contributed by atoms with Gasteiger partial charge in [-0.3, -0.25) is 0 Å². The Morgan fingerprint density at radius 2 is 1.11 bits per heavy atom. The van der Waals surface area contributed by atoms with Gasteiger partial charge in [0, 0.05) is 34.7 Å². The summed E-state index contributed by atoms with van der Waals surface area (Å²) in [5, 5.41) is 5.14. The fraction of sp³-hybridized carbons (Fsp3) is 0.0286. The van der Waals surface area contributed by atoms with E-state index in [4.69, 9.17) is 0 Å². The van der Waals surface area contributed by atoms with E-state index in [1.165, 1.54) is 49.4 Å². The molecule has 0 aliphatic carbocycles. The monoisotopic (exact) mass is 474 g/mol. The van der Waals surface area contributed by atoms with Crippen molar-refractivity contribution < 1.29 is 0 Å². The number of para-hydroxylation sites is 2. The van der Waals surface area contributed by atoms with Crippen LogP contribution < -0.4 is 4.90 Å². The van der Waals surface area contributed by atoms with Gasteiger partial charge in [0.1, 0.15) is 0 Å². The maximum Gasteiger partial charge on any atom is 0.0733 e. The summed E-state index contributed by atoms with van der Waals surface area (Å²) in [7, 11) is 2.19. The molecule has 0 bridgehead atoms. The first kappa shape index (κ1) is 21.5. The largest absolute Gasteiger partial charge is 0.342 e. The number of aryl methyl sites for hydroxylation is 1. The Balaban J connectivity index is 1.48. The molecule has 176 valence electrons. The van der Waals surface area contributed by atoms with Gasteiger partial charge in [-0.15, -0.1) is 0 Å². The summed E-state index contributed by atoms with van der Waals surface area (Å²) < 4.78 is 2.35. The van der Waals surface area contributed by atoms with Gasteiger partial charge in [0.2, 0.25) is 0 Å². The van der Waals surface area contributed by atoms with E-state index in [2.05, 4.69) is 156 Å². The topological polar surface area (TPSA) is 8.17 Å². The number of fused-ring (bicyclic) bond motifs is 5. The van der Waals surface area contributed by atoms with Crippen molar-refractivity contribution in [2.75, 3.05) is 4.90 Å². The molecule has 2 nitrogen and oxygen atoms in total. The minimum absolute atomic E-state index is 1.13. The van der Waals surface area contributed by atoms with Crippen molar-refractivity contribution >= 4 is 49.6 Å². The van der Waals surface area contributed by atoms with Crippen LogP contribution in [-0.4, -0.2) is 4.57 Å². The lowest BCUT2D eigenvalue weighted by molar-refractivity contribution is 1.01. The van der Waals surface area contributed by atoms with Gasteiger partial charge in [0.15, 0.2) is 0 Å². The zero-order valence-corrected chi connectivity index (χ0v) is 20.7. The minimum Gasteiger partial charge on any atom is -0.342 e. The van der Waals surface area contributed by atoms with Gasteiger partial charge in [0.25, 0.3) is 0 Å². The molecular weight excluding hydrogens is 448 g/mol. The number of anilines is 3. The maximum absolute atomic E-state index is 2.37. The fourth-order valence-electron chi connectivity index (χ4n) is 5.65. The molecule has 0 amide bonds. The smallest absolute Gasteiger partial charge is 0.0733 e. The third-order valence-corrected chi connectivity index (χ3v) is 7.38. The number of benzene rings is 6. The molecule has 37 heavy (non-hydrogen) atoms. The average Bonchev–Trinajstić information content (AvgIpc) is 3.27. The predicted molar refractivity (Wildman–Crippen MR) is 158 cm³/mol. The second-order valence-corrected chi connectivity index (χ2v) is 9.50. The molecule has 0 spiro atoms. The summed E-state index contributed by atoms with van der Waals surface area (Å²) in [6.45, 7) is 0. The quantitative estimate of drug-likeness (QED) is 0.246. The van der Waals surface area contributed by atoms with Crippen LogP contribution in [0.3, 0.4) is 0 Å². The van der Waals surface area contributed by atoms with E-state index in [-0.39, 0.29) is 0 Å². The Morgan fingerprint density at radius 1 is 0.486 bits per heavy atom. The van der Waals surface area contributed by atoms with Crippen LogP contribution in [0, 0.1) is 0 Å². The highest BCUT2D eigenvalue weighted by Gasteiger charge is 2.20. The number of hydrogen-bond acceptors (Lipinski definition) is 1. The molecule has 0 aliphatic heterocycles. The first-order chi connectivity index (χ1) is 18.3. The molecule has 0 fully saturated rings. The van der Waals surface area contributed by atoms with E-state index in [0.29, 0.717) is 0 Å². The van der Waals surface area contributed by atoms with Crippen LogP contribution >= 0.6 is 0 Å². The fourth-order valence-corrected chi connectivity index (χ4v) is 5.65. The van der Waals surface area contributed by atoms with Gasteiger partial charge in [-0.2, -0.15) is 0 Å². The predicted octanol–water partition coefficient (Wildman–Crippen LogP) is 9.62. The van der Waals surface area contributed by atoms with Crippen LogP contribution in [0.5, 0.6) is 0 Å². The van der Waals surface area contributed by atoms with Crippen molar-refractivity contribution in [1.29, 1.82) is 0 Å². The van der Waals surface area contributed by atoms with Crippen LogP contribution in [0.15, 0.2) is 140 Å². The lowest BCUT2D eigenvalue weighted by Gasteiger charge is -2.27. The van der Waals surface area contributed by atoms with Gasteiger partial charge >= 0.3 is 0 Å². The van der Waals surface area contributed by atoms with Gasteiger partial charge in [-0.1, -0.05) is 103 Å². The highest BCUT2D eigenvalue weighted by atomic mass is 15.2. The van der Waals surface area contributed by atoms with Crippen LogP contribution in [0.2, 0.25) is 0 Å². The first-order valence-corrected chi connectivity index (χ1v) is 12.7. The molecule has 1 heterocycles. The number of aromatic nitrogens is 1. The molecule has 0 radical (unpaired) electrons. The number of hydrogen-bond donors (Lipinski definition) is 0. The Hall–Kier alpha value is -4.82. The summed E-state index contributed by atoms with van der Waals surface area (Å²) in [5.41, 5.74) is 8.35. The molecule has 7 rings (SSSR count). The van der Waals surface area contributed by atoms with E-state index in [0.717, 1.165) is 11.4 Å². The molecular formula is C35H26N2. The minimum atomic E-state index is 1.13. The van der Waals surface area contributed by atoms with Crippen LogP contribution in [0.25, 0.3) is 43.7 Å². The highest BCUT2D eigenvalue weighted by Crippen LogP contribution is 2.43. The molecule has 0 aliphatic rings. The van der Waals surface area contributed by atoms with E-state index >= 15 is 0 Å². The van der Waals surface area contributed by atoms with Crippen molar-refractivity contribution in [3.8, 4) is 11.1 Å². The van der Waals surface area contributed by atoms with Crippen molar-refractivity contribution in [3.05, 3.63) is 140 Å². The van der Waals surface area contributed by atoms with Crippen molar-refractivity contribution in [2.24, 2.45) is 7.05 Å². The molecule has 2 heteroatoms. The molecule has 0 saturated heterocycles. The molecule has 0 unspecified atom stereocenters. The Labute approximate surface area is 216 Å². The molecule has 0 saturated carbocycles. The maximum atomic E-state index is 2.37. The molecule has 0 atom stereocenters. The summed E-state index contributed by atoms with van der Waals surface area (Å²) in [5.74, 6) is 0. The van der Waals surface area contributed by atoms with Crippen LogP contribution in [-0.2, 0) is 7.05 Å². The van der Waals surface area contributed by atoms with Crippen molar-refractivity contribution in [1.82, 2.24) is 4.57 Å². The number of rotatable bonds is 4. The third kappa shape index (κ3) is 3.49.